The number of nitrogens with zero attached hydrogens (tertiary/aromatic N) is 6. The zero-order valence-electron chi connectivity index (χ0n) is 17.3. The first kappa shape index (κ1) is 20.0. The summed E-state index contributed by atoms with van der Waals surface area (Å²) in [6, 6.07) is 13.9. The van der Waals surface area contributed by atoms with Crippen LogP contribution in [0, 0.1) is 6.92 Å². The fraction of sp³-hybridized carbons (Fsp3) is 0.130. The minimum absolute atomic E-state index is 0.280. The highest BCUT2D eigenvalue weighted by molar-refractivity contribution is 7.15. The molecule has 0 atom stereocenters. The monoisotopic (exact) mass is 441 g/mol. The van der Waals surface area contributed by atoms with Crippen LogP contribution in [0.15, 0.2) is 67.3 Å². The van der Waals surface area contributed by atoms with Crippen molar-refractivity contribution in [1.29, 1.82) is 0 Å². The Morgan fingerprint density at radius 3 is 2.75 bits per heavy atom. The normalized spacial score (nSPS) is 11.0. The number of fused-ring (bicyclic) bond motifs is 1. The Kier molecular flexibility index (Phi) is 5.39. The molecular weight excluding hydrogens is 422 g/mol. The van der Waals surface area contributed by atoms with Crippen molar-refractivity contribution in [3.8, 4) is 0 Å². The van der Waals surface area contributed by atoms with Crippen molar-refractivity contribution in [1.82, 2.24) is 29.9 Å². The maximum absolute atomic E-state index is 12.7. The molecule has 9 heteroatoms. The van der Waals surface area contributed by atoms with Crippen LogP contribution in [0.2, 0.25) is 0 Å². The number of carbonyl (C=O) groups excluding carboxylic acids is 1. The molecule has 0 saturated heterocycles. The predicted octanol–water partition coefficient (Wildman–Crippen LogP) is 3.88. The van der Waals surface area contributed by atoms with Crippen molar-refractivity contribution < 1.29 is 4.79 Å². The Balaban J connectivity index is 1.28. The van der Waals surface area contributed by atoms with Gasteiger partial charge in [-0.05, 0) is 30.2 Å². The second kappa shape index (κ2) is 8.64. The average Bonchev–Trinajstić information content (AvgIpc) is 3.42. The van der Waals surface area contributed by atoms with Gasteiger partial charge in [-0.25, -0.2) is 9.67 Å². The molecule has 4 aromatic heterocycles. The van der Waals surface area contributed by atoms with Gasteiger partial charge in [-0.15, -0.1) is 10.2 Å². The molecule has 0 fully saturated rings. The van der Waals surface area contributed by atoms with E-state index in [1.54, 1.807) is 35.5 Å². The summed E-state index contributed by atoms with van der Waals surface area (Å²) in [6.45, 7) is 2.62. The third-order valence-corrected chi connectivity index (χ3v) is 5.80. The fourth-order valence-corrected chi connectivity index (χ4v) is 4.07. The molecule has 32 heavy (non-hydrogen) atoms. The highest BCUT2D eigenvalue weighted by Crippen LogP contribution is 2.20. The first-order chi connectivity index (χ1) is 15.6. The van der Waals surface area contributed by atoms with Crippen LogP contribution in [-0.4, -0.2) is 35.9 Å². The highest BCUT2D eigenvalue weighted by Gasteiger charge is 2.14. The zero-order chi connectivity index (χ0) is 21.9. The number of carbonyl (C=O) groups is 1. The Morgan fingerprint density at radius 1 is 1.06 bits per heavy atom. The van der Waals surface area contributed by atoms with Crippen molar-refractivity contribution in [3.05, 3.63) is 94.5 Å². The quantitative estimate of drug-likeness (QED) is 0.429. The summed E-state index contributed by atoms with van der Waals surface area (Å²) in [7, 11) is 0. The van der Waals surface area contributed by atoms with E-state index < -0.39 is 0 Å². The number of nitrogens with one attached hydrogen (secondary N) is 1. The lowest BCUT2D eigenvalue weighted by Crippen LogP contribution is -2.12. The predicted molar refractivity (Wildman–Crippen MR) is 123 cm³/mol. The molecule has 4 heterocycles. The van der Waals surface area contributed by atoms with Gasteiger partial charge in [0.15, 0.2) is 5.65 Å². The van der Waals surface area contributed by atoms with Crippen molar-refractivity contribution in [2.45, 2.75) is 19.9 Å². The molecule has 1 N–H and O–H groups in total. The lowest BCUT2D eigenvalue weighted by molar-refractivity contribution is 0.102. The maximum Gasteiger partial charge on any atom is 0.259 e. The van der Waals surface area contributed by atoms with Gasteiger partial charge in [0.05, 0.1) is 18.3 Å². The van der Waals surface area contributed by atoms with E-state index in [2.05, 4.69) is 61.8 Å². The second-order valence-corrected chi connectivity index (χ2v) is 8.48. The van der Waals surface area contributed by atoms with Crippen molar-refractivity contribution in [2.75, 3.05) is 5.32 Å². The molecular formula is C23H19N7OS. The molecule has 0 aliphatic rings. The van der Waals surface area contributed by atoms with Crippen LogP contribution in [0.4, 0.5) is 5.13 Å². The second-order valence-electron chi connectivity index (χ2n) is 7.42. The lowest BCUT2D eigenvalue weighted by atomic mass is 10.1. The SMILES string of the molecule is Cc1ccc(Cc2nnc(NC(=O)c3cnc4c(cnn4Cc4cccnc4)c3)s2)cc1. The van der Waals surface area contributed by atoms with Gasteiger partial charge in [0.2, 0.25) is 5.13 Å². The Labute approximate surface area is 188 Å². The first-order valence-corrected chi connectivity index (χ1v) is 10.9. The molecule has 158 valence electrons. The van der Waals surface area contributed by atoms with E-state index >= 15 is 0 Å². The number of pyridine rings is 2. The van der Waals surface area contributed by atoms with Crippen LogP contribution in [-0.2, 0) is 13.0 Å². The molecule has 0 spiro atoms. The van der Waals surface area contributed by atoms with Gasteiger partial charge in [-0.1, -0.05) is 47.2 Å². The van der Waals surface area contributed by atoms with Gasteiger partial charge in [-0.2, -0.15) is 5.10 Å². The largest absolute Gasteiger partial charge is 0.296 e. The molecule has 0 bridgehead atoms. The molecule has 1 amide bonds. The van der Waals surface area contributed by atoms with Crippen molar-refractivity contribution in [2.24, 2.45) is 0 Å². The molecule has 5 aromatic rings. The summed E-state index contributed by atoms with van der Waals surface area (Å²) in [4.78, 5) is 21.3. The maximum atomic E-state index is 12.7. The van der Waals surface area contributed by atoms with Gasteiger partial charge in [0, 0.05) is 30.4 Å². The van der Waals surface area contributed by atoms with Gasteiger partial charge < -0.3 is 0 Å². The molecule has 0 aliphatic carbocycles. The van der Waals surface area contributed by atoms with Crippen LogP contribution in [0.3, 0.4) is 0 Å². The number of aryl methyl sites for hydroxylation is 1. The number of rotatable bonds is 6. The molecule has 8 nitrogen and oxygen atoms in total. The van der Waals surface area contributed by atoms with Crippen molar-refractivity contribution in [3.63, 3.8) is 0 Å². The van der Waals surface area contributed by atoms with Gasteiger partial charge in [-0.3, -0.25) is 15.1 Å². The Bertz CT molecular complexity index is 1380. The number of hydrogen-bond acceptors (Lipinski definition) is 7. The Morgan fingerprint density at radius 2 is 1.94 bits per heavy atom. The molecule has 0 radical (unpaired) electrons. The van der Waals surface area contributed by atoms with Crippen LogP contribution in [0.1, 0.15) is 32.1 Å². The molecule has 0 aliphatic heterocycles. The lowest BCUT2D eigenvalue weighted by Gasteiger charge is -2.04. The van der Waals surface area contributed by atoms with Gasteiger partial charge >= 0.3 is 0 Å². The van der Waals surface area contributed by atoms with E-state index in [9.17, 15) is 4.79 Å². The van der Waals surface area contributed by atoms with Crippen molar-refractivity contribution >= 4 is 33.4 Å². The zero-order valence-corrected chi connectivity index (χ0v) is 18.1. The third kappa shape index (κ3) is 4.37. The summed E-state index contributed by atoms with van der Waals surface area (Å²) in [5.74, 6) is -0.280. The summed E-state index contributed by atoms with van der Waals surface area (Å²) < 4.78 is 1.79. The number of amides is 1. The molecule has 1 aromatic carbocycles. The van der Waals surface area contributed by atoms with Crippen LogP contribution in [0.5, 0.6) is 0 Å². The average molecular weight is 442 g/mol. The summed E-state index contributed by atoms with van der Waals surface area (Å²) in [5.41, 5.74) is 4.55. The van der Waals surface area contributed by atoms with E-state index in [-0.39, 0.29) is 5.91 Å². The number of anilines is 1. The molecule has 0 saturated carbocycles. The molecule has 5 rings (SSSR count). The van der Waals surface area contributed by atoms with E-state index in [0.717, 1.165) is 21.5 Å². The smallest absolute Gasteiger partial charge is 0.259 e. The van der Waals surface area contributed by atoms with Crippen LogP contribution in [0.25, 0.3) is 11.0 Å². The minimum atomic E-state index is -0.280. The highest BCUT2D eigenvalue weighted by atomic mass is 32.1. The summed E-state index contributed by atoms with van der Waals surface area (Å²) in [5, 5.41) is 17.6. The fourth-order valence-electron chi connectivity index (χ4n) is 3.30. The number of aromatic nitrogens is 6. The van der Waals surface area contributed by atoms with E-state index in [1.165, 1.54) is 16.9 Å². The summed E-state index contributed by atoms with van der Waals surface area (Å²) in [6.07, 6.45) is 7.46. The number of benzene rings is 1. The third-order valence-electron chi connectivity index (χ3n) is 4.96. The van der Waals surface area contributed by atoms with Gasteiger partial charge in [0.1, 0.15) is 5.01 Å². The van der Waals surface area contributed by atoms with Crippen LogP contribution >= 0.6 is 11.3 Å². The Hall–Kier alpha value is -3.98. The number of hydrogen-bond donors (Lipinski definition) is 1. The van der Waals surface area contributed by atoms with E-state index in [1.807, 2.05) is 12.1 Å². The summed E-state index contributed by atoms with van der Waals surface area (Å²) >= 11 is 1.37. The van der Waals surface area contributed by atoms with Crippen LogP contribution < -0.4 is 5.32 Å². The van der Waals surface area contributed by atoms with Gasteiger partial charge in [0.25, 0.3) is 5.91 Å². The van der Waals surface area contributed by atoms with E-state index in [4.69, 9.17) is 0 Å². The topological polar surface area (TPSA) is 98.5 Å². The van der Waals surface area contributed by atoms with E-state index in [0.29, 0.717) is 29.3 Å². The standard InChI is InChI=1S/C23H19N7OS/c1-15-4-6-16(7-5-15)9-20-28-29-23(32-20)27-22(31)19-10-18-13-26-30(21(18)25-12-19)14-17-3-2-8-24-11-17/h2-8,10-13H,9,14H2,1H3,(H,27,29,31). The molecule has 0 unspecified atom stereocenters. The first-order valence-electron chi connectivity index (χ1n) is 10.0. The minimum Gasteiger partial charge on any atom is -0.296 e.